The molecule has 15 heavy (non-hydrogen) atoms. The molecule has 0 spiro atoms. The van der Waals surface area contributed by atoms with E-state index in [4.69, 9.17) is 5.11 Å². The van der Waals surface area contributed by atoms with Crippen molar-refractivity contribution in [1.29, 1.82) is 0 Å². The lowest BCUT2D eigenvalue weighted by molar-refractivity contribution is -0.156. The summed E-state index contributed by atoms with van der Waals surface area (Å²) in [5, 5.41) is 8.53. The zero-order valence-electron chi connectivity index (χ0n) is 8.90. The fourth-order valence-corrected chi connectivity index (χ4v) is 1.66. The van der Waals surface area contributed by atoms with E-state index in [2.05, 4.69) is 0 Å². The van der Waals surface area contributed by atoms with Gasteiger partial charge in [-0.15, -0.1) is 0 Å². The molecule has 0 radical (unpaired) electrons. The van der Waals surface area contributed by atoms with E-state index < -0.39 is 12.5 Å². The number of rotatable bonds is 3. The minimum Gasteiger partial charge on any atom is -0.480 e. The molecule has 0 aromatic carbocycles. The van der Waals surface area contributed by atoms with Gasteiger partial charge in [0, 0.05) is 12.8 Å². The molecule has 0 atom stereocenters. The van der Waals surface area contributed by atoms with Crippen molar-refractivity contribution >= 4 is 17.8 Å². The summed E-state index contributed by atoms with van der Waals surface area (Å²) in [5.74, 6) is -1.57. The van der Waals surface area contributed by atoms with Crippen molar-refractivity contribution in [3.8, 4) is 0 Å². The van der Waals surface area contributed by atoms with Gasteiger partial charge in [0.1, 0.15) is 6.54 Å². The van der Waals surface area contributed by atoms with E-state index in [1.807, 2.05) is 13.8 Å². The third-order valence-corrected chi connectivity index (χ3v) is 2.71. The summed E-state index contributed by atoms with van der Waals surface area (Å²) < 4.78 is 0. The summed E-state index contributed by atoms with van der Waals surface area (Å²) in [6.45, 7) is 3.40. The normalized spacial score (nSPS) is 18.7. The van der Waals surface area contributed by atoms with Crippen molar-refractivity contribution in [3.63, 3.8) is 0 Å². The monoisotopic (exact) mass is 213 g/mol. The average molecular weight is 213 g/mol. The summed E-state index contributed by atoms with van der Waals surface area (Å²) in [4.78, 5) is 34.3. The molecule has 0 saturated carbocycles. The number of hydrogen-bond acceptors (Lipinski definition) is 3. The highest BCUT2D eigenvalue weighted by Gasteiger charge is 2.34. The van der Waals surface area contributed by atoms with Gasteiger partial charge in [-0.1, -0.05) is 13.8 Å². The summed E-state index contributed by atoms with van der Waals surface area (Å²) in [6.07, 6.45) is 0.549. The number of amides is 2. The predicted octanol–water partition coefficient (Wildman–Crippen LogP) is 0.492. The maximum Gasteiger partial charge on any atom is 0.323 e. The lowest BCUT2D eigenvalue weighted by Gasteiger charge is -2.30. The second-order valence-electron chi connectivity index (χ2n) is 4.18. The molecule has 0 bridgehead atoms. The van der Waals surface area contributed by atoms with Gasteiger partial charge in [-0.2, -0.15) is 0 Å². The number of piperidine rings is 1. The number of hydrogen-bond donors (Lipinski definition) is 1. The number of nitrogens with zero attached hydrogens (tertiary/aromatic N) is 1. The summed E-state index contributed by atoms with van der Waals surface area (Å²) in [6, 6.07) is 0. The van der Waals surface area contributed by atoms with E-state index in [0.29, 0.717) is 0 Å². The van der Waals surface area contributed by atoms with E-state index in [9.17, 15) is 14.4 Å². The highest BCUT2D eigenvalue weighted by molar-refractivity contribution is 6.00. The number of aliphatic carboxylic acids is 1. The Bertz CT molecular complexity index is 280. The second-order valence-corrected chi connectivity index (χ2v) is 4.18. The van der Waals surface area contributed by atoms with Crippen molar-refractivity contribution in [2.24, 2.45) is 11.8 Å². The van der Waals surface area contributed by atoms with Gasteiger partial charge < -0.3 is 5.11 Å². The first kappa shape index (κ1) is 11.7. The Kier molecular flexibility index (Phi) is 3.44. The number of carbonyl (C=O) groups is 3. The summed E-state index contributed by atoms with van der Waals surface area (Å²) in [7, 11) is 0. The van der Waals surface area contributed by atoms with Crippen molar-refractivity contribution in [3.05, 3.63) is 0 Å². The van der Waals surface area contributed by atoms with Gasteiger partial charge >= 0.3 is 5.97 Å². The number of carbonyl (C=O) groups excluding carboxylic acids is 2. The van der Waals surface area contributed by atoms with Crippen LogP contribution in [-0.2, 0) is 14.4 Å². The lowest BCUT2D eigenvalue weighted by atomic mass is 9.86. The molecule has 1 fully saturated rings. The Morgan fingerprint density at radius 2 is 1.87 bits per heavy atom. The molecular weight excluding hydrogens is 198 g/mol. The van der Waals surface area contributed by atoms with Crippen molar-refractivity contribution in [1.82, 2.24) is 4.90 Å². The lowest BCUT2D eigenvalue weighted by Crippen LogP contribution is -2.46. The van der Waals surface area contributed by atoms with Gasteiger partial charge in [0.25, 0.3) is 0 Å². The Morgan fingerprint density at radius 3 is 2.20 bits per heavy atom. The summed E-state index contributed by atoms with van der Waals surface area (Å²) >= 11 is 0. The van der Waals surface area contributed by atoms with Gasteiger partial charge in [0.2, 0.25) is 11.8 Å². The Balaban J connectivity index is 2.69. The Morgan fingerprint density at radius 1 is 1.40 bits per heavy atom. The molecular formula is C10H15NO4. The third-order valence-electron chi connectivity index (χ3n) is 2.71. The molecule has 5 heteroatoms. The largest absolute Gasteiger partial charge is 0.480 e. The molecule has 5 nitrogen and oxygen atoms in total. The molecule has 0 aromatic heterocycles. The second kappa shape index (κ2) is 4.42. The van der Waals surface area contributed by atoms with Crippen LogP contribution in [0.4, 0.5) is 0 Å². The van der Waals surface area contributed by atoms with Crippen LogP contribution < -0.4 is 0 Å². The first-order valence-corrected chi connectivity index (χ1v) is 4.96. The fraction of sp³-hybridized carbons (Fsp3) is 0.700. The molecule has 1 aliphatic rings. The van der Waals surface area contributed by atoms with Crippen LogP contribution in [0.15, 0.2) is 0 Å². The van der Waals surface area contributed by atoms with Crippen LogP contribution in [-0.4, -0.2) is 34.3 Å². The van der Waals surface area contributed by atoms with E-state index in [-0.39, 0.29) is 36.5 Å². The van der Waals surface area contributed by atoms with Crippen LogP contribution in [0.25, 0.3) is 0 Å². The van der Waals surface area contributed by atoms with Crippen LogP contribution in [0.5, 0.6) is 0 Å². The molecule has 1 aliphatic heterocycles. The van der Waals surface area contributed by atoms with E-state index in [1.165, 1.54) is 0 Å². The average Bonchev–Trinajstić information content (AvgIpc) is 2.10. The third kappa shape index (κ3) is 2.78. The van der Waals surface area contributed by atoms with Crippen molar-refractivity contribution < 1.29 is 19.5 Å². The molecule has 1 rings (SSSR count). The SMILES string of the molecule is CC(C)C1CC(=O)N(CC(=O)O)C(=O)C1. The maximum atomic E-state index is 11.5. The van der Waals surface area contributed by atoms with Crippen LogP contribution in [0.1, 0.15) is 26.7 Å². The molecule has 1 N–H and O–H groups in total. The van der Waals surface area contributed by atoms with Crippen LogP contribution in [0.2, 0.25) is 0 Å². The first-order chi connectivity index (χ1) is 6.91. The molecule has 0 unspecified atom stereocenters. The number of carboxylic acid groups (broad SMARTS) is 1. The maximum absolute atomic E-state index is 11.5. The number of likely N-dealkylation sites (tertiary alicyclic amines) is 1. The standard InChI is InChI=1S/C10H15NO4/c1-6(2)7-3-8(12)11(5-10(14)15)9(13)4-7/h6-7H,3-5H2,1-2H3,(H,14,15). The number of imide groups is 1. The minimum atomic E-state index is -1.15. The van der Waals surface area contributed by atoms with Crippen molar-refractivity contribution in [2.45, 2.75) is 26.7 Å². The van der Waals surface area contributed by atoms with Gasteiger partial charge in [-0.25, -0.2) is 0 Å². The van der Waals surface area contributed by atoms with E-state index in [1.54, 1.807) is 0 Å². The van der Waals surface area contributed by atoms with Gasteiger partial charge in [-0.05, 0) is 11.8 Å². The highest BCUT2D eigenvalue weighted by atomic mass is 16.4. The molecule has 2 amide bonds. The number of carboxylic acids is 1. The smallest absolute Gasteiger partial charge is 0.323 e. The molecule has 0 aliphatic carbocycles. The van der Waals surface area contributed by atoms with Crippen LogP contribution in [0, 0.1) is 11.8 Å². The van der Waals surface area contributed by atoms with Crippen LogP contribution >= 0.6 is 0 Å². The molecule has 1 saturated heterocycles. The fourth-order valence-electron chi connectivity index (χ4n) is 1.66. The van der Waals surface area contributed by atoms with Gasteiger partial charge in [-0.3, -0.25) is 19.3 Å². The van der Waals surface area contributed by atoms with Crippen molar-refractivity contribution in [2.75, 3.05) is 6.54 Å². The molecule has 84 valence electrons. The molecule has 1 heterocycles. The minimum absolute atomic E-state index is 0.0510. The summed E-state index contributed by atoms with van der Waals surface area (Å²) in [5.41, 5.74) is 0. The van der Waals surface area contributed by atoms with Gasteiger partial charge in [0.15, 0.2) is 0 Å². The topological polar surface area (TPSA) is 74.7 Å². The zero-order valence-corrected chi connectivity index (χ0v) is 8.90. The van der Waals surface area contributed by atoms with E-state index in [0.717, 1.165) is 4.90 Å². The Hall–Kier alpha value is -1.39. The first-order valence-electron chi connectivity index (χ1n) is 4.96. The highest BCUT2D eigenvalue weighted by Crippen LogP contribution is 2.25. The predicted molar refractivity (Wildman–Crippen MR) is 51.9 cm³/mol. The zero-order chi connectivity index (χ0) is 11.6. The van der Waals surface area contributed by atoms with Gasteiger partial charge in [0.05, 0.1) is 0 Å². The Labute approximate surface area is 88.1 Å². The van der Waals surface area contributed by atoms with E-state index >= 15 is 0 Å². The quantitative estimate of drug-likeness (QED) is 0.692. The molecule has 0 aromatic rings. The van der Waals surface area contributed by atoms with Crippen LogP contribution in [0.3, 0.4) is 0 Å².